The number of aryl methyl sites for hydroxylation is 3. The van der Waals surface area contributed by atoms with Crippen LogP contribution in [0.3, 0.4) is 0 Å². The summed E-state index contributed by atoms with van der Waals surface area (Å²) in [4.78, 5) is 14.8. The Bertz CT molecular complexity index is 459. The number of rotatable bonds is 7. The highest BCUT2D eigenvalue weighted by Crippen LogP contribution is 2.22. The molecule has 0 radical (unpaired) electrons. The fourth-order valence-corrected chi connectivity index (χ4v) is 3.16. The van der Waals surface area contributed by atoms with E-state index in [-0.39, 0.29) is 23.9 Å². The smallest absolute Gasteiger partial charge is 0.220 e. The van der Waals surface area contributed by atoms with Crippen LogP contribution in [0.5, 0.6) is 0 Å². The Kier molecular flexibility index (Phi) is 8.52. The molecule has 122 valence electrons. The first kappa shape index (κ1) is 20.4. The van der Waals surface area contributed by atoms with Crippen molar-refractivity contribution in [3.05, 3.63) is 21.4 Å². The number of nitrogens with two attached hydrogens (primary N) is 1. The minimum Gasteiger partial charge on any atom is -0.349 e. The topological polar surface area (TPSA) is 55.1 Å². The van der Waals surface area contributed by atoms with E-state index < -0.39 is 0 Å². The summed E-state index contributed by atoms with van der Waals surface area (Å²) in [5.41, 5.74) is 6.87. The normalized spacial score (nSPS) is 13.7. The van der Waals surface area contributed by atoms with E-state index in [1.54, 1.807) is 0 Å². The maximum atomic E-state index is 12.0. The van der Waals surface area contributed by atoms with E-state index in [2.05, 4.69) is 39.1 Å². The number of thiophene rings is 1. The van der Waals surface area contributed by atoms with Gasteiger partial charge in [-0.25, -0.2) is 0 Å². The lowest BCUT2D eigenvalue weighted by Crippen LogP contribution is -2.54. The number of carbonyl (C=O) groups is 1. The highest BCUT2D eigenvalue weighted by Gasteiger charge is 2.28. The van der Waals surface area contributed by atoms with Crippen LogP contribution in [0.4, 0.5) is 0 Å². The molecular formula is C16H29ClN2OS. The average molecular weight is 333 g/mol. The molecule has 0 bridgehead atoms. The Morgan fingerprint density at radius 2 is 2.05 bits per heavy atom. The van der Waals surface area contributed by atoms with Crippen LogP contribution in [0.25, 0.3) is 0 Å². The van der Waals surface area contributed by atoms with Gasteiger partial charge < -0.3 is 11.1 Å². The predicted octanol–water partition coefficient (Wildman–Crippen LogP) is 3.60. The lowest BCUT2D eigenvalue weighted by Gasteiger charge is -2.33. The van der Waals surface area contributed by atoms with Gasteiger partial charge in [-0.1, -0.05) is 13.8 Å². The van der Waals surface area contributed by atoms with Crippen molar-refractivity contribution in [1.29, 1.82) is 0 Å². The van der Waals surface area contributed by atoms with Gasteiger partial charge in [0, 0.05) is 22.7 Å². The first-order chi connectivity index (χ1) is 9.28. The molecule has 1 atom stereocenters. The van der Waals surface area contributed by atoms with Crippen molar-refractivity contribution in [2.45, 2.75) is 59.4 Å². The van der Waals surface area contributed by atoms with E-state index in [9.17, 15) is 4.79 Å². The van der Waals surface area contributed by atoms with Crippen LogP contribution in [-0.4, -0.2) is 18.0 Å². The summed E-state index contributed by atoms with van der Waals surface area (Å²) in [5, 5.41) is 3.09. The zero-order valence-corrected chi connectivity index (χ0v) is 15.4. The van der Waals surface area contributed by atoms with Gasteiger partial charge in [0.1, 0.15) is 0 Å². The van der Waals surface area contributed by atoms with E-state index in [0.717, 1.165) is 12.8 Å². The molecule has 1 aromatic rings. The molecule has 0 aliphatic rings. The number of hydrogen-bond donors (Lipinski definition) is 2. The fourth-order valence-electron chi connectivity index (χ4n) is 2.18. The van der Waals surface area contributed by atoms with Crippen molar-refractivity contribution in [2.24, 2.45) is 11.7 Å². The quantitative estimate of drug-likeness (QED) is 0.801. The molecule has 0 aliphatic carbocycles. The van der Waals surface area contributed by atoms with Crippen LogP contribution in [-0.2, 0) is 11.2 Å². The first-order valence-electron chi connectivity index (χ1n) is 7.35. The third kappa shape index (κ3) is 5.97. The molecule has 1 unspecified atom stereocenters. The van der Waals surface area contributed by atoms with Crippen LogP contribution >= 0.6 is 23.7 Å². The van der Waals surface area contributed by atoms with Gasteiger partial charge in [0.05, 0.1) is 5.54 Å². The second kappa shape index (κ2) is 8.76. The Labute approximate surface area is 139 Å². The largest absolute Gasteiger partial charge is 0.349 e. The molecule has 5 heteroatoms. The second-order valence-corrected chi connectivity index (χ2v) is 7.58. The van der Waals surface area contributed by atoms with Crippen LogP contribution in [0.2, 0.25) is 0 Å². The minimum atomic E-state index is -0.300. The zero-order valence-electron chi connectivity index (χ0n) is 13.8. The van der Waals surface area contributed by atoms with Crippen LogP contribution in [0.1, 0.15) is 48.9 Å². The third-order valence-corrected chi connectivity index (χ3v) is 5.13. The summed E-state index contributed by atoms with van der Waals surface area (Å²) in [5.74, 6) is 0.439. The van der Waals surface area contributed by atoms with E-state index in [1.165, 1.54) is 15.3 Å². The lowest BCUT2D eigenvalue weighted by molar-refractivity contribution is -0.123. The number of nitrogens with one attached hydrogen (secondary N) is 1. The number of hydrogen-bond acceptors (Lipinski definition) is 3. The average Bonchev–Trinajstić information content (AvgIpc) is 2.67. The molecule has 1 heterocycles. The summed E-state index contributed by atoms with van der Waals surface area (Å²) in [6.45, 7) is 10.9. The van der Waals surface area contributed by atoms with Gasteiger partial charge in [-0.05, 0) is 51.2 Å². The van der Waals surface area contributed by atoms with Gasteiger partial charge in [0.25, 0.3) is 0 Å². The maximum absolute atomic E-state index is 12.0. The molecule has 1 aromatic heterocycles. The first-order valence-corrected chi connectivity index (χ1v) is 8.17. The van der Waals surface area contributed by atoms with Gasteiger partial charge in [-0.2, -0.15) is 0 Å². The van der Waals surface area contributed by atoms with E-state index in [0.29, 0.717) is 18.9 Å². The van der Waals surface area contributed by atoms with E-state index in [1.807, 2.05) is 18.3 Å². The summed E-state index contributed by atoms with van der Waals surface area (Å²) < 4.78 is 0. The highest BCUT2D eigenvalue weighted by atomic mass is 35.5. The molecule has 21 heavy (non-hydrogen) atoms. The van der Waals surface area contributed by atoms with Gasteiger partial charge in [-0.15, -0.1) is 23.7 Å². The van der Waals surface area contributed by atoms with Gasteiger partial charge >= 0.3 is 0 Å². The summed E-state index contributed by atoms with van der Waals surface area (Å²) in [6, 6.07) is 2.23. The van der Waals surface area contributed by atoms with E-state index >= 15 is 0 Å². The van der Waals surface area contributed by atoms with Crippen molar-refractivity contribution in [2.75, 3.05) is 6.54 Å². The van der Waals surface area contributed by atoms with E-state index in [4.69, 9.17) is 5.73 Å². The molecule has 0 fully saturated rings. The molecule has 0 saturated heterocycles. The Hall–Kier alpha value is -0.580. The van der Waals surface area contributed by atoms with Gasteiger partial charge in [-0.3, -0.25) is 4.79 Å². The molecule has 3 N–H and O–H groups in total. The van der Waals surface area contributed by atoms with Crippen molar-refractivity contribution in [1.82, 2.24) is 5.32 Å². The molecule has 1 rings (SSSR count). The van der Waals surface area contributed by atoms with Crippen LogP contribution in [0.15, 0.2) is 6.07 Å². The number of carbonyl (C=O) groups excluding carboxylic acids is 1. The monoisotopic (exact) mass is 332 g/mol. The van der Waals surface area contributed by atoms with Crippen molar-refractivity contribution in [3.63, 3.8) is 0 Å². The Morgan fingerprint density at radius 3 is 2.48 bits per heavy atom. The predicted molar refractivity (Wildman–Crippen MR) is 94.4 cm³/mol. The van der Waals surface area contributed by atoms with Crippen LogP contribution < -0.4 is 11.1 Å². The van der Waals surface area contributed by atoms with Crippen molar-refractivity contribution >= 4 is 29.7 Å². The fraction of sp³-hybridized carbons (Fsp3) is 0.688. The SMILES string of the molecule is Cc1cc(CCCC(=O)NC(C)(CN)C(C)C)c(C)s1.Cl. The standard InChI is InChI=1S/C16H28N2OS.ClH/c1-11(2)16(5,10-17)18-15(19)8-6-7-14-9-12(3)20-13(14)4;/h9,11H,6-8,10,17H2,1-5H3,(H,18,19);1H. The van der Waals surface area contributed by atoms with Gasteiger partial charge in [0.15, 0.2) is 0 Å². The van der Waals surface area contributed by atoms with Crippen molar-refractivity contribution in [3.8, 4) is 0 Å². The van der Waals surface area contributed by atoms with Crippen molar-refractivity contribution < 1.29 is 4.79 Å². The number of halogens is 1. The molecule has 0 spiro atoms. The zero-order chi connectivity index (χ0) is 15.3. The van der Waals surface area contributed by atoms with Crippen LogP contribution in [0, 0.1) is 19.8 Å². The maximum Gasteiger partial charge on any atom is 0.220 e. The van der Waals surface area contributed by atoms with Gasteiger partial charge in [0.2, 0.25) is 5.91 Å². The minimum absolute atomic E-state index is 0. The molecule has 0 aromatic carbocycles. The summed E-state index contributed by atoms with van der Waals surface area (Å²) in [6.07, 6.45) is 2.43. The summed E-state index contributed by atoms with van der Waals surface area (Å²) >= 11 is 1.83. The Morgan fingerprint density at radius 1 is 1.43 bits per heavy atom. The Balaban J connectivity index is 0.00000400. The molecule has 0 saturated carbocycles. The summed E-state index contributed by atoms with van der Waals surface area (Å²) in [7, 11) is 0. The lowest BCUT2D eigenvalue weighted by atomic mass is 9.88. The number of amides is 1. The second-order valence-electron chi connectivity index (χ2n) is 6.12. The molecule has 3 nitrogen and oxygen atoms in total. The third-order valence-electron chi connectivity index (χ3n) is 4.12. The highest BCUT2D eigenvalue weighted by molar-refractivity contribution is 7.12. The molecular weight excluding hydrogens is 304 g/mol. The molecule has 1 amide bonds. The molecule has 0 aliphatic heterocycles.